The lowest BCUT2D eigenvalue weighted by Gasteiger charge is -2.39. The van der Waals surface area contributed by atoms with E-state index in [0.29, 0.717) is 33.3 Å². The van der Waals surface area contributed by atoms with Crippen molar-refractivity contribution in [1.29, 1.82) is 0 Å². The van der Waals surface area contributed by atoms with Crippen LogP contribution in [0.25, 0.3) is 5.57 Å². The molecule has 1 aromatic heterocycles. The fourth-order valence-electron chi connectivity index (χ4n) is 5.76. The number of ether oxygens (including phenoxy) is 2. The quantitative estimate of drug-likeness (QED) is 0.262. The van der Waals surface area contributed by atoms with E-state index in [0.717, 1.165) is 56.3 Å². The Balaban J connectivity index is 1.31. The highest BCUT2D eigenvalue weighted by atomic mass is 35.5. The van der Waals surface area contributed by atoms with E-state index < -0.39 is 5.97 Å². The standard InChI is InChI=1S/C33H38Cl2N4O3/c1-33(2)12-11-23(28(19-33)22-5-7-24(34)8-6-22)21-38-13-15-39(16-14-38)25-9-10-27(32(40)41-4)30(17-25)42-26-18-29(35)31(36-3)37-20-26/h5-10,17-18,20H,11-16,19,21H2,1-4H3,(H,36,37). The van der Waals surface area contributed by atoms with E-state index in [4.69, 9.17) is 32.7 Å². The molecule has 1 fully saturated rings. The fraction of sp³-hybridized carbons (Fsp3) is 0.394. The molecule has 0 atom stereocenters. The molecule has 42 heavy (non-hydrogen) atoms. The Hall–Kier alpha value is -3.26. The van der Waals surface area contributed by atoms with Gasteiger partial charge in [0, 0.05) is 62.6 Å². The van der Waals surface area contributed by atoms with Gasteiger partial charge in [0.2, 0.25) is 0 Å². The van der Waals surface area contributed by atoms with E-state index in [2.05, 4.69) is 46.1 Å². The van der Waals surface area contributed by atoms with Gasteiger partial charge < -0.3 is 19.7 Å². The lowest BCUT2D eigenvalue weighted by atomic mass is 9.72. The largest absolute Gasteiger partial charge is 0.465 e. The van der Waals surface area contributed by atoms with Crippen molar-refractivity contribution in [2.45, 2.75) is 33.1 Å². The summed E-state index contributed by atoms with van der Waals surface area (Å²) in [5.74, 6) is 0.926. The van der Waals surface area contributed by atoms with Crippen molar-refractivity contribution in [3.63, 3.8) is 0 Å². The molecule has 2 heterocycles. The molecule has 0 saturated carbocycles. The average Bonchev–Trinajstić information content (AvgIpc) is 2.98. The van der Waals surface area contributed by atoms with Gasteiger partial charge in [-0.1, -0.05) is 54.8 Å². The van der Waals surface area contributed by atoms with E-state index in [-0.39, 0.29) is 0 Å². The van der Waals surface area contributed by atoms with Crippen LogP contribution in [0.15, 0.2) is 60.3 Å². The van der Waals surface area contributed by atoms with Crippen molar-refractivity contribution in [2.24, 2.45) is 5.41 Å². The molecule has 2 aliphatic rings. The van der Waals surface area contributed by atoms with Gasteiger partial charge in [0.25, 0.3) is 0 Å². The lowest BCUT2D eigenvalue weighted by Crippen LogP contribution is -2.47. The molecular formula is C33H38Cl2N4O3. The van der Waals surface area contributed by atoms with Gasteiger partial charge in [0.15, 0.2) is 0 Å². The number of anilines is 2. The summed E-state index contributed by atoms with van der Waals surface area (Å²) in [7, 11) is 3.11. The molecule has 5 rings (SSSR count). The maximum Gasteiger partial charge on any atom is 0.341 e. The predicted octanol–water partition coefficient (Wildman–Crippen LogP) is 7.79. The zero-order valence-corrected chi connectivity index (χ0v) is 26.2. The highest BCUT2D eigenvalue weighted by Gasteiger charge is 2.29. The summed E-state index contributed by atoms with van der Waals surface area (Å²) < 4.78 is 11.1. The maximum atomic E-state index is 12.5. The van der Waals surface area contributed by atoms with Crippen molar-refractivity contribution in [3.8, 4) is 11.5 Å². The summed E-state index contributed by atoms with van der Waals surface area (Å²) in [6.45, 7) is 9.34. The minimum Gasteiger partial charge on any atom is -0.465 e. The second-order valence-corrected chi connectivity index (χ2v) is 12.6. The number of pyridine rings is 1. The van der Waals surface area contributed by atoms with Gasteiger partial charge in [-0.15, -0.1) is 0 Å². The minimum absolute atomic E-state index is 0.295. The van der Waals surface area contributed by atoms with Gasteiger partial charge in [-0.25, -0.2) is 9.78 Å². The molecule has 2 aromatic carbocycles. The summed E-state index contributed by atoms with van der Waals surface area (Å²) in [5.41, 5.74) is 5.93. The number of nitrogens with one attached hydrogen (secondary N) is 1. The summed E-state index contributed by atoms with van der Waals surface area (Å²) in [4.78, 5) is 21.7. The number of allylic oxidation sites excluding steroid dienone is 1. The van der Waals surface area contributed by atoms with Crippen LogP contribution in [-0.2, 0) is 4.74 Å². The van der Waals surface area contributed by atoms with E-state index in [9.17, 15) is 4.79 Å². The molecule has 0 amide bonds. The van der Waals surface area contributed by atoms with Gasteiger partial charge in [-0.05, 0) is 60.1 Å². The minimum atomic E-state index is -0.465. The highest BCUT2D eigenvalue weighted by Crippen LogP contribution is 2.43. The third-order valence-electron chi connectivity index (χ3n) is 8.18. The second kappa shape index (κ2) is 12.9. The number of benzene rings is 2. The number of hydrogen-bond donors (Lipinski definition) is 1. The molecular weight excluding hydrogens is 571 g/mol. The van der Waals surface area contributed by atoms with Crippen LogP contribution in [0.3, 0.4) is 0 Å². The Bertz CT molecular complexity index is 1460. The number of nitrogens with zero attached hydrogens (tertiary/aromatic N) is 3. The van der Waals surface area contributed by atoms with Crippen LogP contribution in [0, 0.1) is 5.41 Å². The van der Waals surface area contributed by atoms with Crippen molar-refractivity contribution < 1.29 is 14.3 Å². The molecule has 0 spiro atoms. The van der Waals surface area contributed by atoms with Gasteiger partial charge in [-0.3, -0.25) is 4.90 Å². The third kappa shape index (κ3) is 7.02. The number of carbonyl (C=O) groups excluding carboxylic acids is 1. The molecule has 3 aromatic rings. The normalized spacial score (nSPS) is 17.2. The Kier molecular flexibility index (Phi) is 9.31. The predicted molar refractivity (Wildman–Crippen MR) is 171 cm³/mol. The number of carbonyl (C=O) groups is 1. The summed E-state index contributed by atoms with van der Waals surface area (Å²) >= 11 is 12.5. The molecule has 1 aliphatic carbocycles. The number of rotatable bonds is 8. The number of piperazine rings is 1. The molecule has 7 nitrogen and oxygen atoms in total. The van der Waals surface area contributed by atoms with Crippen LogP contribution in [-0.4, -0.2) is 62.7 Å². The van der Waals surface area contributed by atoms with Gasteiger partial charge in [0.1, 0.15) is 22.9 Å². The Morgan fingerprint density at radius 1 is 1.05 bits per heavy atom. The third-order valence-corrected chi connectivity index (χ3v) is 8.72. The van der Waals surface area contributed by atoms with Crippen LogP contribution >= 0.6 is 23.2 Å². The van der Waals surface area contributed by atoms with Crippen LogP contribution in [0.1, 0.15) is 49.0 Å². The van der Waals surface area contributed by atoms with Gasteiger partial charge >= 0.3 is 5.97 Å². The van der Waals surface area contributed by atoms with E-state index >= 15 is 0 Å². The Morgan fingerprint density at radius 2 is 1.79 bits per heavy atom. The first-order valence-electron chi connectivity index (χ1n) is 14.3. The van der Waals surface area contributed by atoms with Crippen LogP contribution in [0.2, 0.25) is 10.0 Å². The van der Waals surface area contributed by atoms with Crippen LogP contribution < -0.4 is 15.0 Å². The Morgan fingerprint density at radius 3 is 2.45 bits per heavy atom. The number of hydrogen-bond acceptors (Lipinski definition) is 7. The van der Waals surface area contributed by atoms with Crippen LogP contribution in [0.4, 0.5) is 11.5 Å². The molecule has 0 radical (unpaired) electrons. The van der Waals surface area contributed by atoms with Crippen LogP contribution in [0.5, 0.6) is 11.5 Å². The smallest absolute Gasteiger partial charge is 0.341 e. The Labute approximate surface area is 258 Å². The average molecular weight is 610 g/mol. The van der Waals surface area contributed by atoms with Gasteiger partial charge in [-0.2, -0.15) is 0 Å². The molecule has 0 bridgehead atoms. The van der Waals surface area contributed by atoms with Crippen molar-refractivity contribution in [2.75, 3.05) is 57.1 Å². The van der Waals surface area contributed by atoms with Crippen molar-refractivity contribution in [1.82, 2.24) is 9.88 Å². The summed E-state index contributed by atoms with van der Waals surface area (Å²) in [6, 6.07) is 15.6. The molecule has 0 unspecified atom stereocenters. The number of esters is 1. The number of halogens is 2. The zero-order chi connectivity index (χ0) is 29.9. The van der Waals surface area contributed by atoms with E-state index in [1.54, 1.807) is 31.0 Å². The topological polar surface area (TPSA) is 66.9 Å². The zero-order valence-electron chi connectivity index (χ0n) is 24.7. The summed E-state index contributed by atoms with van der Waals surface area (Å²) in [6.07, 6.45) is 4.98. The number of aromatic nitrogens is 1. The molecule has 1 N–H and O–H groups in total. The monoisotopic (exact) mass is 608 g/mol. The first-order valence-corrected chi connectivity index (χ1v) is 15.1. The van der Waals surface area contributed by atoms with Gasteiger partial charge in [0.05, 0.1) is 18.3 Å². The first-order chi connectivity index (χ1) is 20.2. The highest BCUT2D eigenvalue weighted by molar-refractivity contribution is 6.33. The SMILES string of the molecule is CNc1ncc(Oc2cc(N3CCN(CC4=C(c5ccc(Cl)cc5)CC(C)(C)CC4)CC3)ccc2C(=O)OC)cc1Cl. The maximum absolute atomic E-state index is 12.5. The first kappa shape index (κ1) is 30.2. The summed E-state index contributed by atoms with van der Waals surface area (Å²) in [5, 5.41) is 4.13. The second-order valence-electron chi connectivity index (χ2n) is 11.7. The number of methoxy groups -OCH3 is 1. The van der Waals surface area contributed by atoms with E-state index in [1.807, 2.05) is 24.3 Å². The van der Waals surface area contributed by atoms with Crippen molar-refractivity contribution in [3.05, 3.63) is 81.5 Å². The van der Waals surface area contributed by atoms with E-state index in [1.165, 1.54) is 24.7 Å². The molecule has 222 valence electrons. The fourth-order valence-corrected chi connectivity index (χ4v) is 6.13. The molecule has 1 aliphatic heterocycles. The molecule has 9 heteroatoms. The lowest BCUT2D eigenvalue weighted by molar-refractivity contribution is 0.0598. The van der Waals surface area contributed by atoms with Crippen molar-refractivity contribution >= 4 is 46.2 Å². The molecule has 1 saturated heterocycles.